The van der Waals surface area contributed by atoms with E-state index >= 15 is 0 Å². The molecule has 3 rings (SSSR count). The predicted molar refractivity (Wildman–Crippen MR) is 114 cm³/mol. The SMILES string of the molecule is Nc1ccccc1SC[C@@H](O)[C@@H](c1ccccc1)[C@@H](O)c1ccc(CO)cc1. The van der Waals surface area contributed by atoms with Crippen LogP contribution in [0.1, 0.15) is 28.7 Å². The number of thioether (sulfide) groups is 1. The molecule has 0 saturated carbocycles. The van der Waals surface area contributed by atoms with Gasteiger partial charge in [0.25, 0.3) is 0 Å². The zero-order valence-electron chi connectivity index (χ0n) is 15.5. The first-order chi connectivity index (χ1) is 13.6. The Labute approximate surface area is 169 Å². The van der Waals surface area contributed by atoms with Crippen LogP contribution in [-0.2, 0) is 6.61 Å². The molecule has 5 N–H and O–H groups in total. The van der Waals surface area contributed by atoms with E-state index in [2.05, 4.69) is 0 Å². The van der Waals surface area contributed by atoms with Gasteiger partial charge in [0, 0.05) is 22.3 Å². The van der Waals surface area contributed by atoms with Gasteiger partial charge in [0.15, 0.2) is 0 Å². The molecule has 4 nitrogen and oxygen atoms in total. The fourth-order valence-corrected chi connectivity index (χ4v) is 4.18. The molecule has 0 unspecified atom stereocenters. The molecule has 0 amide bonds. The van der Waals surface area contributed by atoms with Gasteiger partial charge in [-0.1, -0.05) is 66.7 Å². The summed E-state index contributed by atoms with van der Waals surface area (Å²) in [4.78, 5) is 0.912. The van der Waals surface area contributed by atoms with Crippen molar-refractivity contribution in [3.8, 4) is 0 Å². The fraction of sp³-hybridized carbons (Fsp3) is 0.217. The van der Waals surface area contributed by atoms with E-state index in [1.165, 1.54) is 11.8 Å². The molecule has 5 heteroatoms. The minimum absolute atomic E-state index is 0.0454. The molecule has 0 saturated heterocycles. The van der Waals surface area contributed by atoms with E-state index in [-0.39, 0.29) is 6.61 Å². The maximum absolute atomic E-state index is 11.1. The van der Waals surface area contributed by atoms with E-state index in [1.807, 2.05) is 54.6 Å². The van der Waals surface area contributed by atoms with Crippen LogP contribution < -0.4 is 5.73 Å². The summed E-state index contributed by atoms with van der Waals surface area (Å²) in [6.07, 6.45) is -1.65. The standard InChI is InChI=1S/C23H25NO3S/c24-19-8-4-5-9-21(19)28-15-20(26)22(17-6-2-1-3-7-17)23(27)18-12-10-16(14-25)11-13-18/h1-13,20,22-23,25-27H,14-15,24H2/t20-,22-,23+/m1/s1. The average molecular weight is 396 g/mol. The van der Waals surface area contributed by atoms with Crippen LogP contribution in [0.25, 0.3) is 0 Å². The first kappa shape index (κ1) is 20.4. The van der Waals surface area contributed by atoms with Crippen molar-refractivity contribution in [1.82, 2.24) is 0 Å². The van der Waals surface area contributed by atoms with Crippen LogP contribution in [-0.4, -0.2) is 27.2 Å². The number of nitrogen functional groups attached to an aromatic ring is 1. The lowest BCUT2D eigenvalue weighted by molar-refractivity contribution is 0.0642. The Balaban J connectivity index is 1.82. The van der Waals surface area contributed by atoms with Crippen molar-refractivity contribution < 1.29 is 15.3 Å². The van der Waals surface area contributed by atoms with Crippen molar-refractivity contribution in [3.05, 3.63) is 95.6 Å². The molecule has 3 atom stereocenters. The third-order valence-electron chi connectivity index (χ3n) is 4.77. The monoisotopic (exact) mass is 395 g/mol. The van der Waals surface area contributed by atoms with Crippen LogP contribution in [0.2, 0.25) is 0 Å². The summed E-state index contributed by atoms with van der Waals surface area (Å²) in [7, 11) is 0. The molecule has 146 valence electrons. The molecule has 0 spiro atoms. The third kappa shape index (κ3) is 4.94. The molecule has 0 aliphatic carbocycles. The van der Waals surface area contributed by atoms with Crippen LogP contribution in [0.15, 0.2) is 83.8 Å². The second kappa shape index (κ2) is 9.75. The van der Waals surface area contributed by atoms with E-state index in [1.54, 1.807) is 24.3 Å². The van der Waals surface area contributed by atoms with Gasteiger partial charge in [-0.05, 0) is 28.8 Å². The molecule has 0 bridgehead atoms. The van der Waals surface area contributed by atoms with E-state index in [0.717, 1.165) is 16.0 Å². The van der Waals surface area contributed by atoms with Crippen LogP contribution in [0.5, 0.6) is 0 Å². The summed E-state index contributed by atoms with van der Waals surface area (Å²) in [6.45, 7) is -0.0454. The molecule has 28 heavy (non-hydrogen) atoms. The molecule has 0 heterocycles. The van der Waals surface area contributed by atoms with Crippen LogP contribution in [0, 0.1) is 0 Å². The lowest BCUT2D eigenvalue weighted by atomic mass is 9.85. The highest BCUT2D eigenvalue weighted by molar-refractivity contribution is 7.99. The molecular formula is C23H25NO3S. The summed E-state index contributed by atoms with van der Waals surface area (Å²) in [5, 5.41) is 31.3. The van der Waals surface area contributed by atoms with E-state index in [9.17, 15) is 15.3 Å². The Kier molecular flexibility index (Phi) is 7.12. The molecule has 0 aliphatic heterocycles. The fourth-order valence-electron chi connectivity index (χ4n) is 3.21. The van der Waals surface area contributed by atoms with Gasteiger partial charge in [-0.15, -0.1) is 11.8 Å². The minimum Gasteiger partial charge on any atom is -0.398 e. The zero-order valence-corrected chi connectivity index (χ0v) is 16.3. The summed E-state index contributed by atoms with van der Waals surface area (Å²) in [5.41, 5.74) is 9.03. The van der Waals surface area contributed by atoms with Gasteiger partial charge < -0.3 is 21.1 Å². The first-order valence-electron chi connectivity index (χ1n) is 9.18. The predicted octanol–water partition coefficient (Wildman–Crippen LogP) is 3.73. The van der Waals surface area contributed by atoms with Gasteiger partial charge >= 0.3 is 0 Å². The second-order valence-corrected chi connectivity index (χ2v) is 7.76. The van der Waals surface area contributed by atoms with E-state index in [0.29, 0.717) is 17.0 Å². The van der Waals surface area contributed by atoms with Gasteiger partial charge in [-0.2, -0.15) is 0 Å². The van der Waals surface area contributed by atoms with Gasteiger partial charge in [0.05, 0.1) is 18.8 Å². The number of nitrogens with two attached hydrogens (primary N) is 1. The highest BCUT2D eigenvalue weighted by atomic mass is 32.2. The maximum Gasteiger partial charge on any atom is 0.0883 e. The molecule has 3 aromatic rings. The van der Waals surface area contributed by atoms with Gasteiger partial charge in [0.1, 0.15) is 0 Å². The van der Waals surface area contributed by atoms with Gasteiger partial charge in [-0.3, -0.25) is 0 Å². The van der Waals surface area contributed by atoms with E-state index < -0.39 is 18.1 Å². The second-order valence-electron chi connectivity index (χ2n) is 6.70. The van der Waals surface area contributed by atoms with Crippen molar-refractivity contribution in [2.75, 3.05) is 11.5 Å². The summed E-state index contributed by atoms with van der Waals surface area (Å²) in [6, 6.07) is 24.3. The number of benzene rings is 3. The molecule has 0 fully saturated rings. The van der Waals surface area contributed by atoms with E-state index in [4.69, 9.17) is 5.73 Å². The number of aliphatic hydroxyl groups excluding tert-OH is 3. The highest BCUT2D eigenvalue weighted by Crippen LogP contribution is 2.36. The number of rotatable bonds is 8. The quantitative estimate of drug-likeness (QED) is 0.345. The molecular weight excluding hydrogens is 370 g/mol. The zero-order chi connectivity index (χ0) is 19.9. The Morgan fingerprint density at radius 2 is 1.43 bits per heavy atom. The van der Waals surface area contributed by atoms with Gasteiger partial charge in [-0.25, -0.2) is 0 Å². The number of hydrogen-bond acceptors (Lipinski definition) is 5. The average Bonchev–Trinajstić information content (AvgIpc) is 2.74. The number of hydrogen-bond donors (Lipinski definition) is 4. The summed E-state index contributed by atoms with van der Waals surface area (Å²) >= 11 is 1.48. The maximum atomic E-state index is 11.1. The van der Waals surface area contributed by atoms with Crippen molar-refractivity contribution in [1.29, 1.82) is 0 Å². The Bertz CT molecular complexity index is 871. The Hall–Kier alpha value is -2.31. The lowest BCUT2D eigenvalue weighted by Crippen LogP contribution is -2.27. The van der Waals surface area contributed by atoms with Crippen LogP contribution in [0.4, 0.5) is 5.69 Å². The number of aliphatic hydroxyl groups is 3. The topological polar surface area (TPSA) is 86.7 Å². The molecule has 0 aliphatic rings. The highest BCUT2D eigenvalue weighted by Gasteiger charge is 2.30. The summed E-state index contributed by atoms with van der Waals surface area (Å²) in [5.74, 6) is -0.0851. The number of para-hydroxylation sites is 1. The van der Waals surface area contributed by atoms with Crippen molar-refractivity contribution >= 4 is 17.4 Å². The largest absolute Gasteiger partial charge is 0.398 e. The van der Waals surface area contributed by atoms with Crippen LogP contribution >= 0.6 is 11.8 Å². The van der Waals surface area contributed by atoms with Crippen LogP contribution in [0.3, 0.4) is 0 Å². The molecule has 0 radical (unpaired) electrons. The first-order valence-corrected chi connectivity index (χ1v) is 10.2. The number of anilines is 1. The minimum atomic E-state index is -0.876. The molecule has 0 aromatic heterocycles. The van der Waals surface area contributed by atoms with Gasteiger partial charge in [0.2, 0.25) is 0 Å². The Morgan fingerprint density at radius 1 is 0.786 bits per heavy atom. The normalized spacial score (nSPS) is 14.4. The smallest absolute Gasteiger partial charge is 0.0883 e. The molecule has 3 aromatic carbocycles. The third-order valence-corrected chi connectivity index (χ3v) is 5.96. The van der Waals surface area contributed by atoms with Crippen molar-refractivity contribution in [2.24, 2.45) is 0 Å². The van der Waals surface area contributed by atoms with Crippen molar-refractivity contribution in [3.63, 3.8) is 0 Å². The Morgan fingerprint density at radius 3 is 2.07 bits per heavy atom. The lowest BCUT2D eigenvalue weighted by Gasteiger charge is -2.28. The summed E-state index contributed by atoms with van der Waals surface area (Å²) < 4.78 is 0. The van der Waals surface area contributed by atoms with Crippen molar-refractivity contribution in [2.45, 2.75) is 29.6 Å².